The lowest BCUT2D eigenvalue weighted by atomic mass is 10.1. The first-order chi connectivity index (χ1) is 16.2. The Kier molecular flexibility index (Phi) is 7.95. The molecule has 0 bridgehead atoms. The molecule has 0 radical (unpaired) electrons. The van der Waals surface area contributed by atoms with E-state index in [-0.39, 0.29) is 29.9 Å². The van der Waals surface area contributed by atoms with E-state index in [1.54, 1.807) is 49.6 Å². The predicted octanol–water partition coefficient (Wildman–Crippen LogP) is 3.33. The van der Waals surface area contributed by atoms with E-state index in [4.69, 9.17) is 0 Å². The van der Waals surface area contributed by atoms with Crippen LogP contribution in [0.3, 0.4) is 0 Å². The zero-order valence-corrected chi connectivity index (χ0v) is 19.5. The molecule has 0 spiro atoms. The number of carbonyl (C=O) groups excluding carboxylic acids is 2. The maximum Gasteiger partial charge on any atom is 0.253 e. The van der Waals surface area contributed by atoms with Crippen LogP contribution in [0, 0.1) is 5.82 Å². The SMILES string of the molecule is CC[C@H](C(=O)Nc1ccccc1C(=O)NCc1cccnc1)N(c1ccc(F)cc1)S(C)(=O)=O. The van der Waals surface area contributed by atoms with Gasteiger partial charge in [-0.3, -0.25) is 18.9 Å². The summed E-state index contributed by atoms with van der Waals surface area (Å²) < 4.78 is 39.4. The molecule has 2 amide bonds. The summed E-state index contributed by atoms with van der Waals surface area (Å²) in [6.07, 6.45) is 4.39. The van der Waals surface area contributed by atoms with Crippen molar-refractivity contribution in [3.8, 4) is 0 Å². The Hall–Kier alpha value is -3.79. The monoisotopic (exact) mass is 484 g/mol. The number of anilines is 2. The minimum atomic E-state index is -3.88. The molecule has 0 aliphatic rings. The zero-order chi connectivity index (χ0) is 24.7. The molecule has 0 saturated carbocycles. The van der Waals surface area contributed by atoms with Gasteiger partial charge in [0.25, 0.3) is 5.91 Å². The van der Waals surface area contributed by atoms with Crippen LogP contribution in [0.2, 0.25) is 0 Å². The first-order valence-electron chi connectivity index (χ1n) is 10.5. The number of benzene rings is 2. The molecule has 1 aromatic heterocycles. The van der Waals surface area contributed by atoms with Gasteiger partial charge in [0.15, 0.2) is 0 Å². The highest BCUT2D eigenvalue weighted by Crippen LogP contribution is 2.24. The number of hydrogen-bond acceptors (Lipinski definition) is 5. The molecule has 1 heterocycles. The molecular formula is C24H25FN4O4S. The van der Waals surface area contributed by atoms with Gasteiger partial charge in [0.05, 0.1) is 23.2 Å². The van der Waals surface area contributed by atoms with E-state index in [0.29, 0.717) is 0 Å². The van der Waals surface area contributed by atoms with Gasteiger partial charge in [0, 0.05) is 18.9 Å². The molecule has 0 unspecified atom stereocenters. The molecule has 1 atom stereocenters. The van der Waals surface area contributed by atoms with E-state index in [2.05, 4.69) is 15.6 Å². The summed E-state index contributed by atoms with van der Waals surface area (Å²) in [7, 11) is -3.88. The summed E-state index contributed by atoms with van der Waals surface area (Å²) >= 11 is 0. The van der Waals surface area contributed by atoms with Crippen LogP contribution in [0.4, 0.5) is 15.8 Å². The highest BCUT2D eigenvalue weighted by Gasteiger charge is 2.32. The Bertz CT molecular complexity index is 1250. The Morgan fingerprint density at radius 1 is 1.06 bits per heavy atom. The predicted molar refractivity (Wildman–Crippen MR) is 128 cm³/mol. The number of halogens is 1. The number of rotatable bonds is 9. The maximum absolute atomic E-state index is 13.4. The molecule has 0 aliphatic heterocycles. The fourth-order valence-corrected chi connectivity index (χ4v) is 4.65. The second-order valence-corrected chi connectivity index (χ2v) is 9.40. The van der Waals surface area contributed by atoms with Crippen molar-refractivity contribution in [2.75, 3.05) is 15.9 Å². The van der Waals surface area contributed by atoms with Gasteiger partial charge in [-0.25, -0.2) is 12.8 Å². The second kappa shape index (κ2) is 10.9. The molecule has 2 N–H and O–H groups in total. The van der Waals surface area contributed by atoms with E-state index in [1.165, 1.54) is 12.1 Å². The maximum atomic E-state index is 13.4. The zero-order valence-electron chi connectivity index (χ0n) is 18.7. The van der Waals surface area contributed by atoms with Crippen LogP contribution >= 0.6 is 0 Å². The van der Waals surface area contributed by atoms with Gasteiger partial charge in [-0.05, 0) is 54.4 Å². The van der Waals surface area contributed by atoms with Crippen LogP contribution in [0.25, 0.3) is 0 Å². The van der Waals surface area contributed by atoms with Crippen molar-refractivity contribution in [1.29, 1.82) is 0 Å². The summed E-state index contributed by atoms with van der Waals surface area (Å²) in [6, 6.07) is 13.7. The van der Waals surface area contributed by atoms with Gasteiger partial charge in [-0.2, -0.15) is 0 Å². The third kappa shape index (κ3) is 6.16. The fraction of sp³-hybridized carbons (Fsp3) is 0.208. The van der Waals surface area contributed by atoms with Crippen molar-refractivity contribution < 1.29 is 22.4 Å². The Balaban J connectivity index is 1.83. The second-order valence-electron chi connectivity index (χ2n) is 7.54. The Morgan fingerprint density at radius 3 is 2.38 bits per heavy atom. The molecule has 34 heavy (non-hydrogen) atoms. The minimum absolute atomic E-state index is 0.144. The van der Waals surface area contributed by atoms with Crippen molar-refractivity contribution >= 4 is 33.2 Å². The largest absolute Gasteiger partial charge is 0.348 e. The molecule has 0 saturated heterocycles. The first-order valence-corrected chi connectivity index (χ1v) is 12.4. The van der Waals surface area contributed by atoms with Gasteiger partial charge < -0.3 is 10.6 Å². The minimum Gasteiger partial charge on any atom is -0.348 e. The lowest BCUT2D eigenvalue weighted by Gasteiger charge is -2.30. The smallest absolute Gasteiger partial charge is 0.253 e. The number of pyridine rings is 1. The van der Waals surface area contributed by atoms with Crippen molar-refractivity contribution in [2.24, 2.45) is 0 Å². The summed E-state index contributed by atoms with van der Waals surface area (Å²) in [6.45, 7) is 1.91. The summed E-state index contributed by atoms with van der Waals surface area (Å²) in [5, 5.41) is 5.46. The lowest BCUT2D eigenvalue weighted by Crippen LogP contribution is -2.47. The molecule has 0 fully saturated rings. The Morgan fingerprint density at radius 2 is 1.76 bits per heavy atom. The van der Waals surface area contributed by atoms with Crippen LogP contribution in [-0.2, 0) is 21.4 Å². The van der Waals surface area contributed by atoms with Crippen LogP contribution in [0.15, 0.2) is 73.1 Å². The van der Waals surface area contributed by atoms with Gasteiger partial charge in [-0.15, -0.1) is 0 Å². The number of para-hydroxylation sites is 1. The molecule has 10 heteroatoms. The molecule has 178 valence electrons. The molecule has 2 aromatic carbocycles. The summed E-state index contributed by atoms with van der Waals surface area (Å²) in [5.74, 6) is -1.56. The fourth-order valence-electron chi connectivity index (χ4n) is 3.43. The van der Waals surface area contributed by atoms with Crippen LogP contribution < -0.4 is 14.9 Å². The third-order valence-corrected chi connectivity index (χ3v) is 6.20. The van der Waals surface area contributed by atoms with E-state index in [0.717, 1.165) is 28.3 Å². The van der Waals surface area contributed by atoms with Gasteiger partial charge >= 0.3 is 0 Å². The third-order valence-electron chi connectivity index (χ3n) is 5.02. The normalized spacial score (nSPS) is 12.0. The number of amides is 2. The van der Waals surface area contributed by atoms with Crippen LogP contribution in [-0.4, -0.2) is 37.5 Å². The number of sulfonamides is 1. The van der Waals surface area contributed by atoms with Crippen LogP contribution in [0.5, 0.6) is 0 Å². The average molecular weight is 485 g/mol. The highest BCUT2D eigenvalue weighted by atomic mass is 32.2. The van der Waals surface area contributed by atoms with Gasteiger partial charge in [-0.1, -0.05) is 25.1 Å². The number of aromatic nitrogens is 1. The summed E-state index contributed by atoms with van der Waals surface area (Å²) in [4.78, 5) is 30.0. The van der Waals surface area contributed by atoms with Gasteiger partial charge in [0.2, 0.25) is 15.9 Å². The van der Waals surface area contributed by atoms with Crippen LogP contribution in [0.1, 0.15) is 29.3 Å². The molecule has 0 aliphatic carbocycles. The molecule has 3 rings (SSSR count). The van der Waals surface area contributed by atoms with E-state index in [9.17, 15) is 22.4 Å². The quantitative estimate of drug-likeness (QED) is 0.484. The number of nitrogens with zero attached hydrogens (tertiary/aromatic N) is 2. The summed E-state index contributed by atoms with van der Waals surface area (Å²) in [5.41, 5.74) is 1.43. The molecule has 3 aromatic rings. The average Bonchev–Trinajstić information content (AvgIpc) is 2.82. The topological polar surface area (TPSA) is 108 Å². The van der Waals surface area contributed by atoms with Gasteiger partial charge in [0.1, 0.15) is 11.9 Å². The number of carbonyl (C=O) groups is 2. The van der Waals surface area contributed by atoms with Crippen molar-refractivity contribution in [3.63, 3.8) is 0 Å². The van der Waals surface area contributed by atoms with E-state index in [1.807, 2.05) is 6.07 Å². The standard InChI is InChI=1S/C24H25FN4O4S/c1-3-22(29(34(2,32)33)19-12-10-18(25)11-13-19)24(31)28-21-9-5-4-8-20(21)23(30)27-16-17-7-6-14-26-15-17/h4-15,22H,3,16H2,1-2H3,(H,27,30)(H,28,31)/t22-/m1/s1. The number of nitrogens with one attached hydrogen (secondary N) is 2. The molecule has 8 nitrogen and oxygen atoms in total. The van der Waals surface area contributed by atoms with Crippen molar-refractivity contribution in [2.45, 2.75) is 25.9 Å². The van der Waals surface area contributed by atoms with Crippen molar-refractivity contribution in [1.82, 2.24) is 10.3 Å². The lowest BCUT2D eigenvalue weighted by molar-refractivity contribution is -0.117. The molecular weight excluding hydrogens is 459 g/mol. The number of hydrogen-bond donors (Lipinski definition) is 2. The Labute approximate surface area is 197 Å². The first kappa shape index (κ1) is 24.8. The van der Waals surface area contributed by atoms with E-state index >= 15 is 0 Å². The van der Waals surface area contributed by atoms with E-state index < -0.39 is 33.7 Å². The highest BCUT2D eigenvalue weighted by molar-refractivity contribution is 7.92. The van der Waals surface area contributed by atoms with Crippen molar-refractivity contribution in [3.05, 3.63) is 90.0 Å².